The first-order valence-electron chi connectivity index (χ1n) is 13.5. The number of rotatable bonds is 11. The lowest BCUT2D eigenvalue weighted by Crippen LogP contribution is -2.46. The molecule has 0 unspecified atom stereocenters. The number of benzene rings is 2. The van der Waals surface area contributed by atoms with Crippen LogP contribution in [0.15, 0.2) is 54.7 Å². The van der Waals surface area contributed by atoms with E-state index in [-0.39, 0.29) is 30.8 Å². The van der Waals surface area contributed by atoms with E-state index in [1.54, 1.807) is 16.9 Å². The number of H-pyrrole nitrogens is 1. The van der Waals surface area contributed by atoms with Crippen LogP contribution in [0.1, 0.15) is 48.8 Å². The van der Waals surface area contributed by atoms with Crippen molar-refractivity contribution in [1.29, 1.82) is 0 Å². The predicted molar refractivity (Wildman–Crippen MR) is 144 cm³/mol. The molecule has 1 aliphatic rings. The molecule has 2 amide bonds. The molecule has 39 heavy (non-hydrogen) atoms. The zero-order valence-corrected chi connectivity index (χ0v) is 22.3. The molecule has 1 fully saturated rings. The van der Waals surface area contributed by atoms with Gasteiger partial charge in [0.25, 0.3) is 0 Å². The van der Waals surface area contributed by atoms with Gasteiger partial charge in [-0.2, -0.15) is 13.2 Å². The van der Waals surface area contributed by atoms with Crippen molar-refractivity contribution < 1.29 is 27.5 Å². The van der Waals surface area contributed by atoms with E-state index < -0.39 is 11.7 Å². The first-order valence-corrected chi connectivity index (χ1v) is 13.5. The van der Waals surface area contributed by atoms with E-state index in [1.165, 1.54) is 12.1 Å². The Kier molecular flexibility index (Phi) is 9.67. The minimum atomic E-state index is -4.43. The molecule has 1 aliphatic carbocycles. The highest BCUT2D eigenvalue weighted by atomic mass is 19.4. The number of amides is 2. The zero-order valence-electron chi connectivity index (χ0n) is 22.3. The largest absolute Gasteiger partial charge is 0.416 e. The number of hydrogen-bond donors (Lipinski definition) is 1. The number of hydrogen-bond acceptors (Lipinski definition) is 3. The van der Waals surface area contributed by atoms with Gasteiger partial charge in [0.1, 0.15) is 0 Å². The molecule has 0 bridgehead atoms. The van der Waals surface area contributed by atoms with Crippen molar-refractivity contribution in [3.05, 3.63) is 71.4 Å². The lowest BCUT2D eigenvalue weighted by molar-refractivity contribution is -0.144. The number of aromatic nitrogens is 1. The first-order chi connectivity index (χ1) is 18.8. The lowest BCUT2D eigenvalue weighted by Gasteiger charge is -2.31. The molecule has 0 atom stereocenters. The quantitative estimate of drug-likeness (QED) is 0.332. The van der Waals surface area contributed by atoms with E-state index in [0.717, 1.165) is 60.7 Å². The minimum absolute atomic E-state index is 0.0220. The van der Waals surface area contributed by atoms with Crippen molar-refractivity contribution >= 4 is 22.7 Å². The molecule has 210 valence electrons. The number of alkyl halides is 3. The van der Waals surface area contributed by atoms with Crippen molar-refractivity contribution in [3.8, 4) is 0 Å². The molecule has 0 radical (unpaired) electrons. The normalized spacial score (nSPS) is 14.5. The highest BCUT2D eigenvalue weighted by molar-refractivity contribution is 5.86. The van der Waals surface area contributed by atoms with Crippen molar-refractivity contribution in [3.63, 3.8) is 0 Å². The Morgan fingerprint density at radius 3 is 2.38 bits per heavy atom. The van der Waals surface area contributed by atoms with Gasteiger partial charge in [-0.25, -0.2) is 0 Å². The number of ether oxygens (including phenoxy) is 1. The Balaban J connectivity index is 1.52. The van der Waals surface area contributed by atoms with Gasteiger partial charge in [-0.1, -0.05) is 49.6 Å². The number of nitrogens with one attached hydrogen (secondary N) is 1. The van der Waals surface area contributed by atoms with Crippen molar-refractivity contribution in [2.45, 2.75) is 51.2 Å². The van der Waals surface area contributed by atoms with Crippen LogP contribution in [0.2, 0.25) is 0 Å². The summed E-state index contributed by atoms with van der Waals surface area (Å²) in [6.45, 7) is 1.05. The fraction of sp³-hybridized carbons (Fsp3) is 0.467. The fourth-order valence-corrected chi connectivity index (χ4v) is 5.24. The lowest BCUT2D eigenvalue weighted by atomic mass is 9.88. The van der Waals surface area contributed by atoms with Crippen molar-refractivity contribution in [1.82, 2.24) is 14.8 Å². The second-order valence-corrected chi connectivity index (χ2v) is 10.2. The van der Waals surface area contributed by atoms with E-state index in [0.29, 0.717) is 31.7 Å². The third kappa shape index (κ3) is 7.62. The van der Waals surface area contributed by atoms with E-state index in [1.807, 2.05) is 30.5 Å². The van der Waals surface area contributed by atoms with Crippen LogP contribution < -0.4 is 0 Å². The van der Waals surface area contributed by atoms with E-state index in [2.05, 4.69) is 4.98 Å². The molecule has 0 saturated heterocycles. The van der Waals surface area contributed by atoms with Gasteiger partial charge in [0, 0.05) is 49.8 Å². The van der Waals surface area contributed by atoms with Crippen molar-refractivity contribution in [2.24, 2.45) is 5.92 Å². The number of halogens is 3. The number of fused-ring (bicyclic) bond motifs is 1. The van der Waals surface area contributed by atoms with Crippen molar-refractivity contribution in [2.75, 3.05) is 33.4 Å². The van der Waals surface area contributed by atoms with Crippen LogP contribution in [0.5, 0.6) is 0 Å². The average Bonchev–Trinajstić information content (AvgIpc) is 3.36. The molecule has 6 nitrogen and oxygen atoms in total. The zero-order chi connectivity index (χ0) is 27.8. The molecular formula is C30H36F3N3O3. The van der Waals surface area contributed by atoms with Gasteiger partial charge in [-0.05, 0) is 48.6 Å². The van der Waals surface area contributed by atoms with Gasteiger partial charge < -0.3 is 19.5 Å². The van der Waals surface area contributed by atoms with Crippen LogP contribution in [0.3, 0.4) is 0 Å². The van der Waals surface area contributed by atoms with Crippen LogP contribution in [-0.4, -0.2) is 59.9 Å². The fourth-order valence-electron chi connectivity index (χ4n) is 5.24. The van der Waals surface area contributed by atoms with Gasteiger partial charge in [0.15, 0.2) is 0 Å². The van der Waals surface area contributed by atoms with Crippen LogP contribution in [0.4, 0.5) is 13.2 Å². The molecule has 0 spiro atoms. The van der Waals surface area contributed by atoms with Crippen LogP contribution in [0, 0.1) is 5.92 Å². The van der Waals surface area contributed by atoms with Gasteiger partial charge in [0.2, 0.25) is 11.8 Å². The summed E-state index contributed by atoms with van der Waals surface area (Å²) in [7, 11) is 1.56. The number of aromatic amines is 1. The Morgan fingerprint density at radius 1 is 0.974 bits per heavy atom. The van der Waals surface area contributed by atoms with E-state index in [4.69, 9.17) is 4.74 Å². The average molecular weight is 544 g/mol. The summed E-state index contributed by atoms with van der Waals surface area (Å²) >= 11 is 0. The monoisotopic (exact) mass is 543 g/mol. The third-order valence-corrected chi connectivity index (χ3v) is 7.49. The molecule has 2 aromatic carbocycles. The summed E-state index contributed by atoms with van der Waals surface area (Å²) in [4.78, 5) is 33.5. The molecule has 1 saturated carbocycles. The Labute approximate surface area is 227 Å². The topological polar surface area (TPSA) is 65.6 Å². The number of methoxy groups -OCH3 is 1. The number of carbonyl (C=O) groups excluding carboxylic acids is 2. The molecule has 4 rings (SSSR count). The van der Waals surface area contributed by atoms with Gasteiger partial charge in [-0.3, -0.25) is 9.59 Å². The molecule has 1 heterocycles. The Bertz CT molecular complexity index is 1230. The highest BCUT2D eigenvalue weighted by Gasteiger charge is 2.31. The van der Waals surface area contributed by atoms with Crippen LogP contribution in [-0.2, 0) is 33.5 Å². The van der Waals surface area contributed by atoms with Gasteiger partial charge in [-0.15, -0.1) is 0 Å². The maximum absolute atomic E-state index is 13.7. The maximum atomic E-state index is 13.7. The Hall–Kier alpha value is -3.33. The summed E-state index contributed by atoms with van der Waals surface area (Å²) in [5.41, 5.74) is 1.91. The summed E-state index contributed by atoms with van der Waals surface area (Å²) < 4.78 is 44.4. The molecule has 9 heteroatoms. The number of carbonyl (C=O) groups is 2. The summed E-state index contributed by atoms with van der Waals surface area (Å²) in [5.74, 6) is -0.348. The third-order valence-electron chi connectivity index (χ3n) is 7.49. The summed E-state index contributed by atoms with van der Waals surface area (Å²) in [6, 6.07) is 12.8. The predicted octanol–water partition coefficient (Wildman–Crippen LogP) is 5.81. The molecular weight excluding hydrogens is 507 g/mol. The minimum Gasteiger partial charge on any atom is -0.383 e. The van der Waals surface area contributed by atoms with Gasteiger partial charge >= 0.3 is 6.18 Å². The first kappa shape index (κ1) is 28.7. The molecule has 1 N–H and O–H groups in total. The van der Waals surface area contributed by atoms with E-state index in [9.17, 15) is 22.8 Å². The molecule has 1 aromatic heterocycles. The molecule has 3 aromatic rings. The van der Waals surface area contributed by atoms with Crippen LogP contribution >= 0.6 is 0 Å². The number of para-hydroxylation sites is 1. The van der Waals surface area contributed by atoms with E-state index >= 15 is 0 Å². The summed E-state index contributed by atoms with van der Waals surface area (Å²) in [5, 5.41) is 1.06. The molecule has 0 aliphatic heterocycles. The highest BCUT2D eigenvalue weighted by Crippen LogP contribution is 2.29. The smallest absolute Gasteiger partial charge is 0.383 e. The summed E-state index contributed by atoms with van der Waals surface area (Å²) in [6.07, 6.45) is 2.84. The second-order valence-electron chi connectivity index (χ2n) is 10.2. The number of nitrogens with zero attached hydrogens (tertiary/aromatic N) is 2. The second kappa shape index (κ2) is 13.2. The van der Waals surface area contributed by atoms with Gasteiger partial charge in [0.05, 0.1) is 18.7 Å². The standard InChI is InChI=1S/C30H36F3N3O3/c1-39-18-17-36(29(38)23-7-3-2-4-8-23)21-28(37)35(20-22-11-13-25(14-12-22)30(31,32)33)16-15-24-19-34-27-10-6-5-9-26(24)27/h5-6,9-14,19,23,34H,2-4,7-8,15-18,20-21H2,1H3. The SMILES string of the molecule is COCCN(CC(=O)N(CCc1c[nH]c2ccccc12)Cc1ccc(C(F)(F)F)cc1)C(=O)C1CCCCC1. The van der Waals surface area contributed by atoms with Crippen LogP contribution in [0.25, 0.3) is 10.9 Å². The Morgan fingerprint density at radius 2 is 1.69 bits per heavy atom. The maximum Gasteiger partial charge on any atom is 0.416 e.